The number of aliphatic imine (C=N–C) groups is 1. The molecule has 21 heavy (non-hydrogen) atoms. The zero-order valence-corrected chi connectivity index (χ0v) is 12.9. The van der Waals surface area contributed by atoms with Gasteiger partial charge in [0.05, 0.1) is 12.2 Å². The van der Waals surface area contributed by atoms with E-state index in [0.717, 1.165) is 23.6 Å². The molecule has 6 nitrogen and oxygen atoms in total. The van der Waals surface area contributed by atoms with Gasteiger partial charge in [-0.15, -0.1) is 0 Å². The van der Waals surface area contributed by atoms with Gasteiger partial charge in [-0.25, -0.2) is 0 Å². The Labute approximate surface area is 125 Å². The Morgan fingerprint density at radius 3 is 3.05 bits per heavy atom. The topological polar surface area (TPSA) is 69.6 Å². The smallest absolute Gasteiger partial charge is 0.222 e. The first-order valence-corrected chi connectivity index (χ1v) is 7.21. The van der Waals surface area contributed by atoms with Crippen molar-refractivity contribution >= 4 is 11.9 Å². The van der Waals surface area contributed by atoms with E-state index in [9.17, 15) is 4.79 Å². The third-order valence-corrected chi connectivity index (χ3v) is 3.73. The third kappa shape index (κ3) is 4.18. The number of nitrogens with zero attached hydrogens (tertiary/aromatic N) is 3. The molecule has 114 valence electrons. The van der Waals surface area contributed by atoms with Gasteiger partial charge in [0.25, 0.3) is 0 Å². The molecule has 0 saturated carbocycles. The highest BCUT2D eigenvalue weighted by Crippen LogP contribution is 2.09. The molecule has 1 fully saturated rings. The number of nitrogens with one attached hydrogen (secondary N) is 2. The van der Waals surface area contributed by atoms with E-state index in [4.69, 9.17) is 0 Å². The molecular weight excluding hydrogens is 266 g/mol. The Morgan fingerprint density at radius 2 is 2.38 bits per heavy atom. The summed E-state index contributed by atoms with van der Waals surface area (Å²) in [6, 6.07) is 4.21. The van der Waals surface area contributed by atoms with Crippen molar-refractivity contribution in [3.63, 3.8) is 0 Å². The summed E-state index contributed by atoms with van der Waals surface area (Å²) >= 11 is 0. The van der Waals surface area contributed by atoms with Gasteiger partial charge in [-0.05, 0) is 25.0 Å². The van der Waals surface area contributed by atoms with Crippen LogP contribution in [0.5, 0.6) is 0 Å². The highest BCUT2D eigenvalue weighted by molar-refractivity contribution is 5.81. The van der Waals surface area contributed by atoms with E-state index in [-0.39, 0.29) is 11.9 Å². The zero-order valence-electron chi connectivity index (χ0n) is 12.9. The molecule has 1 unspecified atom stereocenters. The number of hydrogen-bond donors (Lipinski definition) is 2. The summed E-state index contributed by atoms with van der Waals surface area (Å²) < 4.78 is 0. The fraction of sp³-hybridized carbons (Fsp3) is 0.533. The molecule has 1 saturated heterocycles. The number of carbonyl (C=O) groups is 1. The van der Waals surface area contributed by atoms with E-state index in [1.165, 1.54) is 0 Å². The molecule has 1 amide bonds. The van der Waals surface area contributed by atoms with Gasteiger partial charge in [-0.2, -0.15) is 0 Å². The number of rotatable bonds is 3. The van der Waals surface area contributed by atoms with E-state index in [2.05, 4.69) is 20.6 Å². The summed E-state index contributed by atoms with van der Waals surface area (Å²) in [6.07, 6.45) is 3.22. The Hall–Kier alpha value is -2.11. The average Bonchev–Trinajstić information content (AvgIpc) is 2.48. The summed E-state index contributed by atoms with van der Waals surface area (Å²) in [5.74, 6) is 0.952. The Kier molecular flexibility index (Phi) is 5.14. The number of piperidine rings is 1. The maximum atomic E-state index is 11.5. The molecule has 0 bridgehead atoms. The van der Waals surface area contributed by atoms with Crippen LogP contribution >= 0.6 is 0 Å². The molecule has 1 atom stereocenters. The number of aryl methyl sites for hydroxylation is 1. The average molecular weight is 289 g/mol. The standard InChI is InChI=1S/C15H23N5O/c1-11-5-4-8-17-13(11)9-18-15(16-2)19-12-6-7-14(21)20(3)10-12/h4-5,8,12H,6-7,9-10H2,1-3H3,(H2,16,18,19). The van der Waals surface area contributed by atoms with Gasteiger partial charge in [-0.3, -0.25) is 14.8 Å². The van der Waals surface area contributed by atoms with Crippen LogP contribution in [-0.4, -0.2) is 48.4 Å². The number of amides is 1. The van der Waals surface area contributed by atoms with Gasteiger partial charge >= 0.3 is 0 Å². The summed E-state index contributed by atoms with van der Waals surface area (Å²) in [6.45, 7) is 3.39. The lowest BCUT2D eigenvalue weighted by Gasteiger charge is -2.31. The van der Waals surface area contributed by atoms with Crippen LogP contribution < -0.4 is 10.6 Å². The monoisotopic (exact) mass is 289 g/mol. The highest BCUT2D eigenvalue weighted by Gasteiger charge is 2.23. The van der Waals surface area contributed by atoms with Crippen LogP contribution in [0.25, 0.3) is 0 Å². The molecule has 0 aromatic carbocycles. The third-order valence-electron chi connectivity index (χ3n) is 3.73. The molecular formula is C15H23N5O. The molecule has 2 N–H and O–H groups in total. The molecule has 2 heterocycles. The van der Waals surface area contributed by atoms with Gasteiger partial charge in [-0.1, -0.05) is 6.07 Å². The van der Waals surface area contributed by atoms with Crippen molar-refractivity contribution in [2.45, 2.75) is 32.4 Å². The number of likely N-dealkylation sites (N-methyl/N-ethyl adjacent to an activating group) is 1. The maximum Gasteiger partial charge on any atom is 0.222 e. The van der Waals surface area contributed by atoms with Crippen LogP contribution in [0, 0.1) is 6.92 Å². The Morgan fingerprint density at radius 1 is 1.57 bits per heavy atom. The lowest BCUT2D eigenvalue weighted by molar-refractivity contribution is -0.132. The number of guanidine groups is 1. The highest BCUT2D eigenvalue weighted by atomic mass is 16.2. The first-order valence-electron chi connectivity index (χ1n) is 7.21. The minimum absolute atomic E-state index is 0.208. The summed E-state index contributed by atoms with van der Waals surface area (Å²) in [4.78, 5) is 21.8. The maximum absolute atomic E-state index is 11.5. The lowest BCUT2D eigenvalue weighted by Crippen LogP contribution is -2.51. The minimum atomic E-state index is 0.208. The molecule has 1 aliphatic rings. The fourth-order valence-corrected chi connectivity index (χ4v) is 2.39. The Bertz CT molecular complexity index is 529. The number of pyridine rings is 1. The quantitative estimate of drug-likeness (QED) is 0.634. The first-order chi connectivity index (χ1) is 10.1. The molecule has 0 radical (unpaired) electrons. The molecule has 0 spiro atoms. The van der Waals surface area contributed by atoms with E-state index in [0.29, 0.717) is 19.5 Å². The van der Waals surface area contributed by atoms with Crippen LogP contribution in [0.1, 0.15) is 24.1 Å². The molecule has 1 aromatic rings. The molecule has 2 rings (SSSR count). The Balaban J connectivity index is 1.87. The number of hydrogen-bond acceptors (Lipinski definition) is 3. The lowest BCUT2D eigenvalue weighted by atomic mass is 10.1. The van der Waals surface area contributed by atoms with E-state index < -0.39 is 0 Å². The number of carbonyl (C=O) groups excluding carboxylic acids is 1. The number of likely N-dealkylation sites (tertiary alicyclic amines) is 1. The van der Waals surface area contributed by atoms with Gasteiger partial charge in [0.15, 0.2) is 5.96 Å². The number of aromatic nitrogens is 1. The molecule has 1 aliphatic heterocycles. The molecule has 6 heteroatoms. The van der Waals surface area contributed by atoms with Crippen molar-refractivity contribution in [1.29, 1.82) is 0 Å². The van der Waals surface area contributed by atoms with Gasteiger partial charge in [0, 0.05) is 39.3 Å². The first kappa shape index (κ1) is 15.3. The summed E-state index contributed by atoms with van der Waals surface area (Å²) in [5.41, 5.74) is 2.17. The van der Waals surface area contributed by atoms with Crippen LogP contribution in [0.4, 0.5) is 0 Å². The van der Waals surface area contributed by atoms with Crippen LogP contribution in [-0.2, 0) is 11.3 Å². The minimum Gasteiger partial charge on any atom is -0.352 e. The summed E-state index contributed by atoms with van der Waals surface area (Å²) in [7, 11) is 3.59. The van der Waals surface area contributed by atoms with Crippen LogP contribution in [0.15, 0.2) is 23.3 Å². The van der Waals surface area contributed by atoms with Crippen LogP contribution in [0.2, 0.25) is 0 Å². The largest absolute Gasteiger partial charge is 0.352 e. The predicted octanol–water partition coefficient (Wildman–Crippen LogP) is 0.676. The van der Waals surface area contributed by atoms with E-state index >= 15 is 0 Å². The second-order valence-electron chi connectivity index (χ2n) is 5.35. The van der Waals surface area contributed by atoms with Crippen molar-refractivity contribution in [3.8, 4) is 0 Å². The van der Waals surface area contributed by atoms with Gasteiger partial charge < -0.3 is 15.5 Å². The van der Waals surface area contributed by atoms with Gasteiger partial charge in [0.1, 0.15) is 0 Å². The predicted molar refractivity (Wildman–Crippen MR) is 83.0 cm³/mol. The van der Waals surface area contributed by atoms with Gasteiger partial charge in [0.2, 0.25) is 5.91 Å². The SMILES string of the molecule is CN=C(NCc1ncccc1C)NC1CCC(=O)N(C)C1. The second-order valence-corrected chi connectivity index (χ2v) is 5.35. The molecule has 1 aromatic heterocycles. The zero-order chi connectivity index (χ0) is 15.2. The fourth-order valence-electron chi connectivity index (χ4n) is 2.39. The van der Waals surface area contributed by atoms with E-state index in [1.807, 2.05) is 26.1 Å². The van der Waals surface area contributed by atoms with Crippen LogP contribution in [0.3, 0.4) is 0 Å². The van der Waals surface area contributed by atoms with Crippen molar-refractivity contribution in [2.75, 3.05) is 20.6 Å². The molecule has 0 aliphatic carbocycles. The normalized spacial score (nSPS) is 19.6. The second kappa shape index (κ2) is 7.06. The van der Waals surface area contributed by atoms with Crippen molar-refractivity contribution in [1.82, 2.24) is 20.5 Å². The summed E-state index contributed by atoms with van der Waals surface area (Å²) in [5, 5.41) is 6.64. The van der Waals surface area contributed by atoms with Crippen molar-refractivity contribution < 1.29 is 4.79 Å². The van der Waals surface area contributed by atoms with E-state index in [1.54, 1.807) is 18.1 Å². The van der Waals surface area contributed by atoms with Crippen molar-refractivity contribution in [3.05, 3.63) is 29.6 Å². The van der Waals surface area contributed by atoms with Crippen molar-refractivity contribution in [2.24, 2.45) is 4.99 Å².